The van der Waals surface area contributed by atoms with Gasteiger partial charge in [0.05, 0.1) is 10.6 Å². The van der Waals surface area contributed by atoms with Crippen LogP contribution in [-0.4, -0.2) is 34.4 Å². The normalized spacial score (nSPS) is 18.2. The van der Waals surface area contributed by atoms with E-state index in [1.807, 2.05) is 0 Å². The number of aromatic hydroxyl groups is 1. The molecule has 0 saturated carbocycles. The number of phenols is 1. The van der Waals surface area contributed by atoms with Gasteiger partial charge in [-0.05, 0) is 12.1 Å². The van der Waals surface area contributed by atoms with Crippen molar-refractivity contribution in [1.82, 2.24) is 4.90 Å². The Labute approximate surface area is 103 Å². The Morgan fingerprint density at radius 2 is 2.17 bits per heavy atom. The van der Waals surface area contributed by atoms with Gasteiger partial charge in [0.15, 0.2) is 18.2 Å². The maximum absolute atomic E-state index is 11.0. The molecule has 1 aliphatic rings. The molecule has 1 aromatic carbocycles. The second-order valence-corrected chi connectivity index (χ2v) is 3.85. The van der Waals surface area contributed by atoms with Crippen molar-refractivity contribution in [3.8, 4) is 5.75 Å². The van der Waals surface area contributed by atoms with Crippen LogP contribution in [0.2, 0.25) is 0 Å². The number of aldehydes is 1. The van der Waals surface area contributed by atoms with Gasteiger partial charge in [-0.2, -0.15) is 0 Å². The summed E-state index contributed by atoms with van der Waals surface area (Å²) in [5, 5.41) is 20.1. The van der Waals surface area contributed by atoms with Crippen molar-refractivity contribution in [2.24, 2.45) is 0 Å². The summed E-state index contributed by atoms with van der Waals surface area (Å²) >= 11 is 0. The monoisotopic (exact) mass is 249 g/mol. The molecule has 0 saturated heterocycles. The molecule has 18 heavy (non-hydrogen) atoms. The largest absolute Gasteiger partial charge is 0.502 e. The van der Waals surface area contributed by atoms with Crippen LogP contribution in [0.4, 0.5) is 11.4 Å². The fourth-order valence-corrected chi connectivity index (χ4v) is 1.77. The average molecular weight is 249 g/mol. The van der Waals surface area contributed by atoms with Crippen LogP contribution in [0.5, 0.6) is 5.75 Å². The van der Waals surface area contributed by atoms with E-state index < -0.39 is 16.8 Å². The average Bonchev–Trinajstić information content (AvgIpc) is 2.70. The van der Waals surface area contributed by atoms with Gasteiger partial charge in [-0.1, -0.05) is 0 Å². The minimum Gasteiger partial charge on any atom is -0.502 e. The summed E-state index contributed by atoms with van der Waals surface area (Å²) in [5.41, 5.74) is 0.0808. The van der Waals surface area contributed by atoms with Crippen molar-refractivity contribution in [3.63, 3.8) is 0 Å². The molecule has 1 aliphatic heterocycles. The summed E-state index contributed by atoms with van der Waals surface area (Å²) in [7, 11) is 1.73. The summed E-state index contributed by atoms with van der Waals surface area (Å²) in [6.07, 6.45) is 3.54. The standard InChI is InChI=1S/C11H11N3O4/c1-12-4-5-13(11(12)7-15)8-2-3-10(16)9(6-8)14(17)18/h2-7,11,16H,1H3. The quantitative estimate of drug-likeness (QED) is 0.489. The highest BCUT2D eigenvalue weighted by atomic mass is 16.6. The number of carbonyl (C=O) groups excluding carboxylic acids is 1. The van der Waals surface area contributed by atoms with Crippen molar-refractivity contribution in [1.29, 1.82) is 0 Å². The highest BCUT2D eigenvalue weighted by Gasteiger charge is 2.26. The molecule has 0 aliphatic carbocycles. The molecular formula is C11H11N3O4. The second-order valence-electron chi connectivity index (χ2n) is 3.85. The number of nitro groups is 1. The van der Waals surface area contributed by atoms with E-state index >= 15 is 0 Å². The molecule has 0 radical (unpaired) electrons. The first-order valence-corrected chi connectivity index (χ1v) is 5.16. The predicted molar refractivity (Wildman–Crippen MR) is 64.0 cm³/mol. The molecule has 0 bridgehead atoms. The van der Waals surface area contributed by atoms with Crippen LogP contribution >= 0.6 is 0 Å². The molecule has 0 aromatic heterocycles. The number of hydrogen-bond acceptors (Lipinski definition) is 6. The molecule has 1 N–H and O–H groups in total. The summed E-state index contributed by atoms with van der Waals surface area (Å²) in [6, 6.07) is 3.99. The number of nitro benzene ring substituents is 1. The Morgan fingerprint density at radius 3 is 2.78 bits per heavy atom. The highest BCUT2D eigenvalue weighted by Crippen LogP contribution is 2.32. The summed E-state index contributed by atoms with van der Waals surface area (Å²) in [6.45, 7) is 0. The van der Waals surface area contributed by atoms with Crippen molar-refractivity contribution >= 4 is 17.7 Å². The molecule has 1 aromatic rings. The van der Waals surface area contributed by atoms with Crippen LogP contribution in [0.3, 0.4) is 0 Å². The van der Waals surface area contributed by atoms with Gasteiger partial charge >= 0.3 is 5.69 Å². The molecule has 1 heterocycles. The van der Waals surface area contributed by atoms with E-state index in [1.165, 1.54) is 18.2 Å². The molecule has 0 fully saturated rings. The Hall–Kier alpha value is -2.57. The van der Waals surface area contributed by atoms with Gasteiger partial charge in [0.25, 0.3) is 0 Å². The molecule has 1 atom stereocenters. The first-order chi connectivity index (χ1) is 8.54. The van der Waals surface area contributed by atoms with E-state index in [1.54, 1.807) is 29.2 Å². The van der Waals surface area contributed by atoms with Crippen LogP contribution in [-0.2, 0) is 4.79 Å². The summed E-state index contributed by atoms with van der Waals surface area (Å²) in [5.74, 6) is -0.400. The molecule has 0 amide bonds. The van der Waals surface area contributed by atoms with Gasteiger partial charge in [-0.25, -0.2) is 0 Å². The lowest BCUT2D eigenvalue weighted by molar-refractivity contribution is -0.385. The third-order valence-electron chi connectivity index (χ3n) is 2.74. The fraction of sp³-hybridized carbons (Fsp3) is 0.182. The molecule has 7 nitrogen and oxygen atoms in total. The molecule has 1 unspecified atom stereocenters. The molecule has 2 rings (SSSR count). The van der Waals surface area contributed by atoms with Gasteiger partial charge in [-0.15, -0.1) is 0 Å². The van der Waals surface area contributed by atoms with Crippen LogP contribution in [0.25, 0.3) is 0 Å². The van der Waals surface area contributed by atoms with Gasteiger partial charge in [0, 0.05) is 25.5 Å². The Morgan fingerprint density at radius 1 is 1.44 bits per heavy atom. The maximum Gasteiger partial charge on any atom is 0.312 e. The summed E-state index contributed by atoms with van der Waals surface area (Å²) in [4.78, 5) is 24.3. The minimum absolute atomic E-state index is 0.389. The number of carbonyl (C=O) groups is 1. The first kappa shape index (κ1) is 11.9. The fourth-order valence-electron chi connectivity index (χ4n) is 1.77. The van der Waals surface area contributed by atoms with Crippen LogP contribution in [0, 0.1) is 10.1 Å². The van der Waals surface area contributed by atoms with E-state index in [0.29, 0.717) is 5.69 Å². The Balaban J connectivity index is 2.40. The number of nitrogens with zero attached hydrogens (tertiary/aromatic N) is 3. The van der Waals surface area contributed by atoms with Crippen molar-refractivity contribution in [3.05, 3.63) is 40.7 Å². The molecule has 7 heteroatoms. The van der Waals surface area contributed by atoms with E-state index in [0.717, 1.165) is 6.29 Å². The number of anilines is 1. The Kier molecular flexibility index (Phi) is 2.88. The number of likely N-dealkylation sites (N-methyl/N-ethyl adjacent to an activating group) is 1. The van der Waals surface area contributed by atoms with Gasteiger partial charge in [-0.3, -0.25) is 14.9 Å². The zero-order valence-electron chi connectivity index (χ0n) is 9.56. The third kappa shape index (κ3) is 1.86. The van der Waals surface area contributed by atoms with Crippen LogP contribution in [0.1, 0.15) is 0 Å². The summed E-state index contributed by atoms with van der Waals surface area (Å²) < 4.78 is 0. The number of hydrogen-bond donors (Lipinski definition) is 1. The maximum atomic E-state index is 11.0. The zero-order valence-corrected chi connectivity index (χ0v) is 9.56. The lowest BCUT2D eigenvalue weighted by Gasteiger charge is -2.25. The molecule has 0 spiro atoms. The van der Waals surface area contributed by atoms with Crippen molar-refractivity contribution in [2.75, 3.05) is 11.9 Å². The van der Waals surface area contributed by atoms with E-state index in [9.17, 15) is 20.0 Å². The highest BCUT2D eigenvalue weighted by molar-refractivity contribution is 5.71. The lowest BCUT2D eigenvalue weighted by atomic mass is 10.2. The van der Waals surface area contributed by atoms with Gasteiger partial charge in [0.2, 0.25) is 0 Å². The number of benzene rings is 1. The Bertz CT molecular complexity index is 529. The second kappa shape index (κ2) is 4.36. The van der Waals surface area contributed by atoms with Crippen molar-refractivity contribution in [2.45, 2.75) is 6.17 Å². The van der Waals surface area contributed by atoms with Crippen molar-refractivity contribution < 1.29 is 14.8 Å². The molecular weight excluding hydrogens is 238 g/mol. The van der Waals surface area contributed by atoms with Crippen LogP contribution in [0.15, 0.2) is 30.6 Å². The third-order valence-corrected chi connectivity index (χ3v) is 2.74. The van der Waals surface area contributed by atoms with Gasteiger partial charge < -0.3 is 14.9 Å². The topological polar surface area (TPSA) is 86.9 Å². The zero-order chi connectivity index (χ0) is 13.3. The van der Waals surface area contributed by atoms with E-state index in [4.69, 9.17) is 0 Å². The predicted octanol–water partition coefficient (Wildman–Crippen LogP) is 1.05. The van der Waals surface area contributed by atoms with Gasteiger partial charge in [0.1, 0.15) is 0 Å². The smallest absolute Gasteiger partial charge is 0.312 e. The molecule has 94 valence electrons. The van der Waals surface area contributed by atoms with E-state index in [2.05, 4.69) is 0 Å². The lowest BCUT2D eigenvalue weighted by Crippen LogP contribution is -2.37. The SMILES string of the molecule is CN1C=CN(c2ccc(O)c([N+](=O)[O-])c2)C1C=O. The number of phenolic OH excluding ortho intramolecular Hbond substituents is 1. The van der Waals surface area contributed by atoms with Crippen LogP contribution < -0.4 is 4.90 Å². The first-order valence-electron chi connectivity index (χ1n) is 5.16. The van der Waals surface area contributed by atoms with E-state index in [-0.39, 0.29) is 5.69 Å². The number of rotatable bonds is 3. The minimum atomic E-state index is -0.668.